The predicted molar refractivity (Wildman–Crippen MR) is 121 cm³/mol. The number of ether oxygens (including phenoxy) is 2. The van der Waals surface area contributed by atoms with Crippen LogP contribution >= 0.6 is 22.9 Å². The van der Waals surface area contributed by atoms with Crippen LogP contribution in [0.3, 0.4) is 0 Å². The molecule has 0 spiro atoms. The number of rotatable bonds is 9. The SMILES string of the molecule is COc1ccc(CN(C)CC(=O)Nc2ncc(Cc3ccccc3Cl)s2)cc1OC. The van der Waals surface area contributed by atoms with E-state index >= 15 is 0 Å². The highest BCUT2D eigenvalue weighted by Crippen LogP contribution is 2.28. The maximum atomic E-state index is 12.4. The molecule has 30 heavy (non-hydrogen) atoms. The van der Waals surface area contributed by atoms with Gasteiger partial charge in [-0.25, -0.2) is 4.98 Å². The number of anilines is 1. The number of nitrogens with zero attached hydrogens (tertiary/aromatic N) is 2. The molecule has 0 saturated carbocycles. The lowest BCUT2D eigenvalue weighted by Crippen LogP contribution is -2.29. The summed E-state index contributed by atoms with van der Waals surface area (Å²) in [6.45, 7) is 0.844. The summed E-state index contributed by atoms with van der Waals surface area (Å²) >= 11 is 7.67. The summed E-state index contributed by atoms with van der Waals surface area (Å²) in [5.41, 5.74) is 2.06. The second-order valence-corrected chi connectivity index (χ2v) is 8.33. The summed E-state index contributed by atoms with van der Waals surface area (Å²) in [6.07, 6.45) is 2.46. The fraction of sp³-hybridized carbons (Fsp3) is 0.273. The van der Waals surface area contributed by atoms with E-state index in [1.807, 2.05) is 54.4 Å². The average Bonchev–Trinajstić information content (AvgIpc) is 3.16. The van der Waals surface area contributed by atoms with Crippen LogP contribution in [-0.4, -0.2) is 43.6 Å². The first-order valence-corrected chi connectivity index (χ1v) is 10.6. The number of hydrogen-bond donors (Lipinski definition) is 1. The number of amides is 1. The first kappa shape index (κ1) is 22.1. The van der Waals surface area contributed by atoms with E-state index in [-0.39, 0.29) is 12.5 Å². The number of hydrogen-bond acceptors (Lipinski definition) is 6. The van der Waals surface area contributed by atoms with Gasteiger partial charge in [0.2, 0.25) is 5.91 Å². The molecule has 0 fully saturated rings. The van der Waals surface area contributed by atoms with Crippen LogP contribution in [0.5, 0.6) is 11.5 Å². The Kier molecular flexibility index (Phi) is 7.68. The van der Waals surface area contributed by atoms with Crippen LogP contribution in [0.4, 0.5) is 5.13 Å². The molecule has 1 heterocycles. The Balaban J connectivity index is 1.53. The average molecular weight is 446 g/mol. The third-order valence-electron chi connectivity index (χ3n) is 4.44. The maximum absolute atomic E-state index is 12.4. The molecule has 1 N–H and O–H groups in total. The van der Waals surface area contributed by atoms with Crippen molar-refractivity contribution < 1.29 is 14.3 Å². The van der Waals surface area contributed by atoms with Crippen molar-refractivity contribution in [2.75, 3.05) is 33.1 Å². The number of carbonyl (C=O) groups excluding carboxylic acids is 1. The van der Waals surface area contributed by atoms with Gasteiger partial charge in [0.15, 0.2) is 16.6 Å². The zero-order valence-corrected chi connectivity index (χ0v) is 18.7. The fourth-order valence-electron chi connectivity index (χ4n) is 3.03. The van der Waals surface area contributed by atoms with E-state index in [1.54, 1.807) is 20.4 Å². The van der Waals surface area contributed by atoms with E-state index in [2.05, 4.69) is 10.3 Å². The molecular formula is C22H24ClN3O3S. The second kappa shape index (κ2) is 10.4. The molecule has 2 aromatic carbocycles. The van der Waals surface area contributed by atoms with Crippen molar-refractivity contribution in [2.24, 2.45) is 0 Å². The van der Waals surface area contributed by atoms with Gasteiger partial charge in [-0.05, 0) is 36.4 Å². The molecule has 8 heteroatoms. The summed E-state index contributed by atoms with van der Waals surface area (Å²) in [7, 11) is 5.10. The topological polar surface area (TPSA) is 63.7 Å². The Hall–Kier alpha value is -2.61. The van der Waals surface area contributed by atoms with Crippen molar-refractivity contribution in [1.82, 2.24) is 9.88 Å². The quantitative estimate of drug-likeness (QED) is 0.526. The number of halogens is 1. The minimum Gasteiger partial charge on any atom is -0.493 e. The highest BCUT2D eigenvalue weighted by atomic mass is 35.5. The third-order valence-corrected chi connectivity index (χ3v) is 5.72. The van der Waals surface area contributed by atoms with Crippen LogP contribution < -0.4 is 14.8 Å². The van der Waals surface area contributed by atoms with Crippen molar-refractivity contribution in [3.8, 4) is 11.5 Å². The first-order valence-electron chi connectivity index (χ1n) is 9.36. The number of aromatic nitrogens is 1. The molecule has 0 unspecified atom stereocenters. The standard InChI is InChI=1S/C22H24ClN3O3S/c1-26(13-15-8-9-19(28-2)20(10-15)29-3)14-21(27)25-22-24-12-17(30-22)11-16-6-4-5-7-18(16)23/h4-10,12H,11,13-14H2,1-3H3,(H,24,25,27). The van der Waals surface area contributed by atoms with Gasteiger partial charge in [-0.15, -0.1) is 11.3 Å². The van der Waals surface area contributed by atoms with Gasteiger partial charge < -0.3 is 14.8 Å². The van der Waals surface area contributed by atoms with Gasteiger partial charge in [0.1, 0.15) is 0 Å². The minimum atomic E-state index is -0.114. The van der Waals surface area contributed by atoms with E-state index in [0.717, 1.165) is 21.0 Å². The molecule has 6 nitrogen and oxygen atoms in total. The van der Waals surface area contributed by atoms with Crippen molar-refractivity contribution in [3.05, 3.63) is 69.7 Å². The highest BCUT2D eigenvalue weighted by molar-refractivity contribution is 7.15. The van der Waals surface area contributed by atoms with Crippen LogP contribution in [0.1, 0.15) is 16.0 Å². The summed E-state index contributed by atoms with van der Waals surface area (Å²) in [5.74, 6) is 1.23. The summed E-state index contributed by atoms with van der Waals surface area (Å²) < 4.78 is 10.6. The molecule has 3 aromatic rings. The van der Waals surface area contributed by atoms with Crippen LogP contribution in [0, 0.1) is 0 Å². The van der Waals surface area contributed by atoms with E-state index in [1.165, 1.54) is 11.3 Å². The van der Waals surface area contributed by atoms with Crippen LogP contribution in [-0.2, 0) is 17.8 Å². The number of methoxy groups -OCH3 is 2. The number of likely N-dealkylation sites (N-methyl/N-ethyl adjacent to an activating group) is 1. The van der Waals surface area contributed by atoms with E-state index in [0.29, 0.717) is 29.6 Å². The number of carbonyl (C=O) groups is 1. The summed E-state index contributed by atoms with van der Waals surface area (Å²) in [4.78, 5) is 19.7. The van der Waals surface area contributed by atoms with Gasteiger partial charge in [-0.3, -0.25) is 9.69 Å². The zero-order valence-electron chi connectivity index (χ0n) is 17.1. The molecular weight excluding hydrogens is 422 g/mol. The van der Waals surface area contributed by atoms with Gasteiger partial charge in [0.25, 0.3) is 0 Å². The number of benzene rings is 2. The minimum absolute atomic E-state index is 0.114. The van der Waals surface area contributed by atoms with Crippen LogP contribution in [0.15, 0.2) is 48.7 Å². The normalized spacial score (nSPS) is 10.8. The molecule has 0 aliphatic carbocycles. The predicted octanol–water partition coefficient (Wildman–Crippen LogP) is 4.48. The van der Waals surface area contributed by atoms with Gasteiger partial charge in [-0.2, -0.15) is 0 Å². The summed E-state index contributed by atoms with van der Waals surface area (Å²) in [5, 5.41) is 4.18. The molecule has 1 amide bonds. The Morgan fingerprint density at radius 3 is 2.67 bits per heavy atom. The smallest absolute Gasteiger partial charge is 0.240 e. The van der Waals surface area contributed by atoms with Gasteiger partial charge in [0.05, 0.1) is 20.8 Å². The molecule has 0 atom stereocenters. The lowest BCUT2D eigenvalue weighted by atomic mass is 10.1. The van der Waals surface area contributed by atoms with Crippen molar-refractivity contribution >= 4 is 34.0 Å². The largest absolute Gasteiger partial charge is 0.493 e. The molecule has 0 saturated heterocycles. The lowest BCUT2D eigenvalue weighted by molar-refractivity contribution is -0.117. The Labute approximate surface area is 185 Å². The van der Waals surface area contributed by atoms with Gasteiger partial charge in [-0.1, -0.05) is 35.9 Å². The second-order valence-electron chi connectivity index (χ2n) is 6.81. The third kappa shape index (κ3) is 5.95. The number of thiazole rings is 1. The van der Waals surface area contributed by atoms with E-state index in [4.69, 9.17) is 21.1 Å². The molecule has 0 bridgehead atoms. The molecule has 3 rings (SSSR count). The Morgan fingerprint density at radius 1 is 1.17 bits per heavy atom. The Morgan fingerprint density at radius 2 is 1.93 bits per heavy atom. The highest BCUT2D eigenvalue weighted by Gasteiger charge is 2.12. The summed E-state index contributed by atoms with van der Waals surface area (Å²) in [6, 6.07) is 13.4. The monoisotopic (exact) mass is 445 g/mol. The molecule has 0 aliphatic rings. The van der Waals surface area contributed by atoms with Gasteiger partial charge in [0, 0.05) is 29.1 Å². The number of nitrogens with one attached hydrogen (secondary N) is 1. The van der Waals surface area contributed by atoms with Gasteiger partial charge >= 0.3 is 0 Å². The first-order chi connectivity index (χ1) is 14.5. The van der Waals surface area contributed by atoms with Crippen LogP contribution in [0.25, 0.3) is 0 Å². The maximum Gasteiger partial charge on any atom is 0.240 e. The fourth-order valence-corrected chi connectivity index (χ4v) is 4.08. The molecule has 0 aliphatic heterocycles. The van der Waals surface area contributed by atoms with E-state index < -0.39 is 0 Å². The molecule has 1 aromatic heterocycles. The lowest BCUT2D eigenvalue weighted by Gasteiger charge is -2.17. The van der Waals surface area contributed by atoms with Crippen molar-refractivity contribution in [2.45, 2.75) is 13.0 Å². The molecule has 158 valence electrons. The molecule has 0 radical (unpaired) electrons. The van der Waals surface area contributed by atoms with Crippen molar-refractivity contribution in [1.29, 1.82) is 0 Å². The zero-order chi connectivity index (χ0) is 21.5. The Bertz CT molecular complexity index is 1010. The van der Waals surface area contributed by atoms with Crippen molar-refractivity contribution in [3.63, 3.8) is 0 Å². The van der Waals surface area contributed by atoms with Crippen LogP contribution in [0.2, 0.25) is 5.02 Å². The van der Waals surface area contributed by atoms with E-state index in [9.17, 15) is 4.79 Å².